The van der Waals surface area contributed by atoms with Crippen molar-refractivity contribution in [3.63, 3.8) is 0 Å². The highest BCUT2D eigenvalue weighted by Gasteiger charge is 2.00. The highest BCUT2D eigenvalue weighted by molar-refractivity contribution is 5.14. The first-order chi connectivity index (χ1) is 4.70. The second kappa shape index (κ2) is 2.60. The minimum absolute atomic E-state index is 0.242. The molecular formula is C6H10N4. The summed E-state index contributed by atoms with van der Waals surface area (Å²) in [5.74, 6) is 0.601. The quantitative estimate of drug-likeness (QED) is 0.616. The van der Waals surface area contributed by atoms with Crippen LogP contribution >= 0.6 is 0 Å². The minimum Gasteiger partial charge on any atom is -0.366 e. The second-order valence-electron chi connectivity index (χ2n) is 2.39. The fraction of sp³-hybridized carbons (Fsp3) is 0.500. The lowest BCUT2D eigenvalue weighted by atomic mass is 10.1. The van der Waals surface area contributed by atoms with Gasteiger partial charge in [0.1, 0.15) is 0 Å². The van der Waals surface area contributed by atoms with Gasteiger partial charge in [-0.2, -0.15) is 5.10 Å². The molecule has 0 atom stereocenters. The highest BCUT2D eigenvalue weighted by atomic mass is 15.2. The standard InChI is InChI=1S/C6H10N4/c1-4(2)5-3-8-10-6(7)9-5/h3-4H,1-2H3,(H2,7,9,10). The maximum Gasteiger partial charge on any atom is 0.240 e. The van der Waals surface area contributed by atoms with Crippen LogP contribution in [-0.4, -0.2) is 15.2 Å². The smallest absolute Gasteiger partial charge is 0.240 e. The van der Waals surface area contributed by atoms with E-state index < -0.39 is 0 Å². The maximum atomic E-state index is 5.31. The highest BCUT2D eigenvalue weighted by Crippen LogP contribution is 2.08. The van der Waals surface area contributed by atoms with Crippen LogP contribution < -0.4 is 5.73 Å². The first kappa shape index (κ1) is 6.92. The SMILES string of the molecule is CC(C)c1cnnc(N)n1. The van der Waals surface area contributed by atoms with E-state index in [1.807, 2.05) is 13.8 Å². The summed E-state index contributed by atoms with van der Waals surface area (Å²) in [6.45, 7) is 4.06. The van der Waals surface area contributed by atoms with Gasteiger partial charge in [-0.25, -0.2) is 4.98 Å². The Labute approximate surface area is 59.5 Å². The zero-order valence-electron chi connectivity index (χ0n) is 6.07. The summed E-state index contributed by atoms with van der Waals surface area (Å²) in [5.41, 5.74) is 6.19. The number of nitrogens with zero attached hydrogens (tertiary/aromatic N) is 3. The third-order valence-electron chi connectivity index (χ3n) is 1.19. The Kier molecular flexibility index (Phi) is 1.80. The van der Waals surface area contributed by atoms with E-state index >= 15 is 0 Å². The van der Waals surface area contributed by atoms with E-state index in [1.54, 1.807) is 6.20 Å². The monoisotopic (exact) mass is 138 g/mol. The van der Waals surface area contributed by atoms with Crippen molar-refractivity contribution >= 4 is 5.95 Å². The van der Waals surface area contributed by atoms with Crippen LogP contribution in [0, 0.1) is 0 Å². The van der Waals surface area contributed by atoms with Crippen LogP contribution in [-0.2, 0) is 0 Å². The summed E-state index contributed by atoms with van der Waals surface area (Å²) in [4.78, 5) is 3.98. The Morgan fingerprint density at radius 3 is 2.60 bits per heavy atom. The van der Waals surface area contributed by atoms with Crippen LogP contribution in [0.1, 0.15) is 25.5 Å². The Morgan fingerprint density at radius 1 is 1.50 bits per heavy atom. The van der Waals surface area contributed by atoms with Crippen LogP contribution in [0.15, 0.2) is 6.20 Å². The van der Waals surface area contributed by atoms with Crippen LogP contribution in [0.4, 0.5) is 5.95 Å². The fourth-order valence-corrected chi connectivity index (χ4v) is 0.609. The Balaban J connectivity index is 2.96. The number of nitrogens with two attached hydrogens (primary N) is 1. The van der Waals surface area contributed by atoms with Gasteiger partial charge in [0.2, 0.25) is 5.95 Å². The summed E-state index contributed by atoms with van der Waals surface area (Å²) in [6, 6.07) is 0. The van der Waals surface area contributed by atoms with Gasteiger partial charge >= 0.3 is 0 Å². The molecule has 0 saturated carbocycles. The summed E-state index contributed by atoms with van der Waals surface area (Å²) in [6.07, 6.45) is 1.63. The number of anilines is 1. The molecule has 1 aromatic rings. The number of hydrogen-bond acceptors (Lipinski definition) is 4. The Bertz CT molecular complexity index is 221. The molecule has 0 aliphatic carbocycles. The molecule has 0 radical (unpaired) electrons. The van der Waals surface area contributed by atoms with Gasteiger partial charge in [-0.15, -0.1) is 5.10 Å². The first-order valence-electron chi connectivity index (χ1n) is 3.15. The summed E-state index contributed by atoms with van der Waals surface area (Å²) < 4.78 is 0. The Morgan fingerprint density at radius 2 is 2.20 bits per heavy atom. The normalized spacial score (nSPS) is 10.3. The molecule has 1 aromatic heterocycles. The molecule has 0 aliphatic rings. The number of aromatic nitrogens is 3. The van der Waals surface area contributed by atoms with Crippen molar-refractivity contribution in [1.82, 2.24) is 15.2 Å². The second-order valence-corrected chi connectivity index (χ2v) is 2.39. The lowest BCUT2D eigenvalue weighted by molar-refractivity contribution is 0.791. The molecular weight excluding hydrogens is 128 g/mol. The molecule has 2 N–H and O–H groups in total. The van der Waals surface area contributed by atoms with Crippen molar-refractivity contribution in [1.29, 1.82) is 0 Å². The van der Waals surface area contributed by atoms with Crippen molar-refractivity contribution < 1.29 is 0 Å². The predicted molar refractivity (Wildman–Crippen MR) is 38.3 cm³/mol. The van der Waals surface area contributed by atoms with Crippen LogP contribution in [0.5, 0.6) is 0 Å². The van der Waals surface area contributed by atoms with Gasteiger partial charge in [-0.1, -0.05) is 13.8 Å². The van der Waals surface area contributed by atoms with E-state index in [1.165, 1.54) is 0 Å². The van der Waals surface area contributed by atoms with Crippen molar-refractivity contribution in [3.05, 3.63) is 11.9 Å². The molecule has 1 heterocycles. The molecule has 0 aromatic carbocycles. The van der Waals surface area contributed by atoms with Gasteiger partial charge in [0.25, 0.3) is 0 Å². The molecule has 4 heteroatoms. The fourth-order valence-electron chi connectivity index (χ4n) is 0.609. The van der Waals surface area contributed by atoms with Crippen LogP contribution in [0.2, 0.25) is 0 Å². The van der Waals surface area contributed by atoms with Crippen molar-refractivity contribution in [2.24, 2.45) is 0 Å². The van der Waals surface area contributed by atoms with E-state index in [0.717, 1.165) is 5.69 Å². The average molecular weight is 138 g/mol. The van der Waals surface area contributed by atoms with Gasteiger partial charge in [-0.3, -0.25) is 0 Å². The minimum atomic E-state index is 0.242. The molecule has 0 saturated heterocycles. The molecule has 0 bridgehead atoms. The van der Waals surface area contributed by atoms with E-state index in [9.17, 15) is 0 Å². The molecule has 0 spiro atoms. The molecule has 54 valence electrons. The molecule has 1 rings (SSSR count). The van der Waals surface area contributed by atoms with Gasteiger partial charge in [0.15, 0.2) is 0 Å². The predicted octanol–water partition coefficient (Wildman–Crippen LogP) is 0.577. The first-order valence-corrected chi connectivity index (χ1v) is 3.15. The molecule has 10 heavy (non-hydrogen) atoms. The van der Waals surface area contributed by atoms with E-state index in [-0.39, 0.29) is 5.95 Å². The third-order valence-corrected chi connectivity index (χ3v) is 1.19. The third kappa shape index (κ3) is 1.40. The number of nitrogen functional groups attached to an aromatic ring is 1. The zero-order chi connectivity index (χ0) is 7.56. The lowest BCUT2D eigenvalue weighted by Gasteiger charge is -2.01. The maximum absolute atomic E-state index is 5.31. The number of rotatable bonds is 1. The van der Waals surface area contributed by atoms with E-state index in [4.69, 9.17) is 5.73 Å². The van der Waals surface area contributed by atoms with Gasteiger partial charge < -0.3 is 5.73 Å². The van der Waals surface area contributed by atoms with Crippen molar-refractivity contribution in [3.8, 4) is 0 Å². The van der Waals surface area contributed by atoms with Gasteiger partial charge in [-0.05, 0) is 5.92 Å². The summed E-state index contributed by atoms with van der Waals surface area (Å²) in [5, 5.41) is 7.21. The molecule has 0 unspecified atom stereocenters. The van der Waals surface area contributed by atoms with E-state index in [2.05, 4.69) is 15.2 Å². The van der Waals surface area contributed by atoms with E-state index in [0.29, 0.717) is 5.92 Å². The molecule has 0 amide bonds. The lowest BCUT2D eigenvalue weighted by Crippen LogP contribution is -2.01. The van der Waals surface area contributed by atoms with Crippen molar-refractivity contribution in [2.75, 3.05) is 5.73 Å². The van der Waals surface area contributed by atoms with Gasteiger partial charge in [0.05, 0.1) is 11.9 Å². The topological polar surface area (TPSA) is 64.7 Å². The van der Waals surface area contributed by atoms with Crippen LogP contribution in [0.3, 0.4) is 0 Å². The van der Waals surface area contributed by atoms with Crippen molar-refractivity contribution in [2.45, 2.75) is 19.8 Å². The van der Waals surface area contributed by atoms with Gasteiger partial charge in [0, 0.05) is 0 Å². The largest absolute Gasteiger partial charge is 0.366 e. The molecule has 0 aliphatic heterocycles. The van der Waals surface area contributed by atoms with Crippen LogP contribution in [0.25, 0.3) is 0 Å². The molecule has 0 fully saturated rings. The summed E-state index contributed by atoms with van der Waals surface area (Å²) >= 11 is 0. The number of hydrogen-bond donors (Lipinski definition) is 1. The molecule has 4 nitrogen and oxygen atoms in total. The average Bonchev–Trinajstić information content (AvgIpc) is 1.88. The summed E-state index contributed by atoms with van der Waals surface area (Å²) in [7, 11) is 0. The Hall–Kier alpha value is -1.19. The zero-order valence-corrected chi connectivity index (χ0v) is 6.07.